The fourth-order valence-electron chi connectivity index (χ4n) is 2.98. The predicted octanol–water partition coefficient (Wildman–Crippen LogP) is 4.07. The van der Waals surface area contributed by atoms with Crippen LogP contribution in [0.5, 0.6) is 0 Å². The van der Waals surface area contributed by atoms with Crippen LogP contribution < -0.4 is 0 Å². The number of benzene rings is 2. The molecule has 1 aromatic heterocycles. The van der Waals surface area contributed by atoms with E-state index in [-0.39, 0.29) is 10.5 Å². The molecule has 0 radical (unpaired) electrons. The predicted molar refractivity (Wildman–Crippen MR) is 100.0 cm³/mol. The van der Waals surface area contributed by atoms with Crippen molar-refractivity contribution in [3.8, 4) is 0 Å². The first-order valence-electron chi connectivity index (χ1n) is 8.43. The van der Waals surface area contributed by atoms with E-state index in [0.717, 1.165) is 30.3 Å². The number of hydroxylamine groups is 2. The van der Waals surface area contributed by atoms with Crippen molar-refractivity contribution < 1.29 is 21.3 Å². The lowest BCUT2D eigenvalue weighted by Crippen LogP contribution is -2.46. The molecule has 0 bridgehead atoms. The number of quaternary nitrogens is 1. The first-order valence-corrected chi connectivity index (χ1v) is 9.87. The molecule has 0 N–H and O–H groups in total. The van der Waals surface area contributed by atoms with Crippen LogP contribution in [0.4, 0.5) is 8.78 Å². The van der Waals surface area contributed by atoms with Crippen LogP contribution >= 0.6 is 0 Å². The Morgan fingerprint density at radius 3 is 2.25 bits per heavy atom. The van der Waals surface area contributed by atoms with Crippen molar-refractivity contribution in [1.82, 2.24) is 4.98 Å². The van der Waals surface area contributed by atoms with Crippen molar-refractivity contribution in [2.75, 3.05) is 0 Å². The summed E-state index contributed by atoms with van der Waals surface area (Å²) in [6, 6.07) is 11.2. The Morgan fingerprint density at radius 1 is 0.964 bits per heavy atom. The number of nitrogens with zero attached hydrogens (tertiary/aromatic N) is 2. The van der Waals surface area contributed by atoms with Gasteiger partial charge in [0.15, 0.2) is 0 Å². The van der Waals surface area contributed by atoms with Gasteiger partial charge in [-0.25, -0.2) is 12.8 Å². The molecule has 1 atom stereocenters. The molecular formula is C20H18F2N2O3S. The average molecular weight is 404 g/mol. The highest BCUT2D eigenvalue weighted by Gasteiger charge is 2.36. The number of aromatic nitrogens is 1. The number of sulfonamides is 1. The second-order valence-electron chi connectivity index (χ2n) is 6.56. The summed E-state index contributed by atoms with van der Waals surface area (Å²) in [5, 5.41) is 13.7. The third kappa shape index (κ3) is 4.24. The Bertz CT molecular complexity index is 1050. The maximum Gasteiger partial charge on any atom is 0.327 e. The Kier molecular flexibility index (Phi) is 5.55. The minimum Gasteiger partial charge on any atom is -0.616 e. The zero-order valence-electron chi connectivity index (χ0n) is 15.0. The van der Waals surface area contributed by atoms with Crippen molar-refractivity contribution in [2.24, 2.45) is 0 Å². The molecule has 3 aromatic rings. The van der Waals surface area contributed by atoms with Crippen LogP contribution in [0.15, 0.2) is 71.9 Å². The van der Waals surface area contributed by atoms with E-state index < -0.39 is 38.8 Å². The molecule has 3 rings (SSSR count). The maximum absolute atomic E-state index is 13.8. The van der Waals surface area contributed by atoms with Gasteiger partial charge in [0.2, 0.25) is 0 Å². The summed E-state index contributed by atoms with van der Waals surface area (Å²) in [4.78, 5) is 3.61. The molecule has 0 aliphatic heterocycles. The molecule has 0 saturated heterocycles. The van der Waals surface area contributed by atoms with Gasteiger partial charge in [-0.2, -0.15) is 8.42 Å². The molecule has 2 aromatic carbocycles. The standard InChI is InChI=1S/C20H18F2N2O3S/c1-15-9-17(11-19(22)10-15)14-24(25,13-16-3-2-8-23-12-16)28(26,27)20-6-4-18(21)5-7-20/h2-12H,13-14H2,1H3. The third-order valence-electron chi connectivity index (χ3n) is 4.22. The first kappa shape index (κ1) is 20.1. The lowest BCUT2D eigenvalue weighted by molar-refractivity contribution is -0.782. The van der Waals surface area contributed by atoms with Crippen LogP contribution in [-0.2, 0) is 23.1 Å². The Morgan fingerprint density at radius 2 is 1.64 bits per heavy atom. The molecule has 5 nitrogen and oxygen atoms in total. The summed E-state index contributed by atoms with van der Waals surface area (Å²) in [6.07, 6.45) is 2.91. The van der Waals surface area contributed by atoms with Crippen molar-refractivity contribution in [2.45, 2.75) is 24.9 Å². The van der Waals surface area contributed by atoms with Gasteiger partial charge in [0.05, 0.1) is 0 Å². The topological polar surface area (TPSA) is 70.1 Å². The molecule has 28 heavy (non-hydrogen) atoms. The zero-order valence-corrected chi connectivity index (χ0v) is 15.9. The third-order valence-corrected chi connectivity index (χ3v) is 6.22. The highest BCUT2D eigenvalue weighted by Crippen LogP contribution is 2.29. The summed E-state index contributed by atoms with van der Waals surface area (Å²) in [5.74, 6) is -1.17. The number of halogens is 2. The van der Waals surface area contributed by atoms with Crippen LogP contribution in [-0.4, -0.2) is 17.5 Å². The highest BCUT2D eigenvalue weighted by molar-refractivity contribution is 7.86. The molecule has 0 fully saturated rings. The van der Waals surface area contributed by atoms with E-state index in [1.54, 1.807) is 25.1 Å². The van der Waals surface area contributed by atoms with Gasteiger partial charge in [-0.1, -0.05) is 12.1 Å². The molecule has 0 saturated carbocycles. The summed E-state index contributed by atoms with van der Waals surface area (Å²) < 4.78 is 51.7. The van der Waals surface area contributed by atoms with Gasteiger partial charge in [-0.3, -0.25) is 4.98 Å². The van der Waals surface area contributed by atoms with Gasteiger partial charge >= 0.3 is 10.0 Å². The van der Waals surface area contributed by atoms with Gasteiger partial charge in [0.25, 0.3) is 0 Å². The van der Waals surface area contributed by atoms with Crippen LogP contribution in [0.2, 0.25) is 0 Å². The van der Waals surface area contributed by atoms with E-state index in [9.17, 15) is 22.4 Å². The van der Waals surface area contributed by atoms with E-state index in [0.29, 0.717) is 11.1 Å². The van der Waals surface area contributed by atoms with E-state index in [1.165, 1.54) is 18.5 Å². The normalized spacial score (nSPS) is 13.9. The molecular weight excluding hydrogens is 386 g/mol. The van der Waals surface area contributed by atoms with Gasteiger partial charge in [-0.15, -0.1) is 0 Å². The largest absolute Gasteiger partial charge is 0.616 e. The smallest absolute Gasteiger partial charge is 0.327 e. The summed E-state index contributed by atoms with van der Waals surface area (Å²) in [6.45, 7) is 0.720. The number of aryl methyl sites for hydroxylation is 1. The van der Waals surface area contributed by atoms with Gasteiger partial charge < -0.3 is 5.21 Å². The SMILES string of the molecule is Cc1cc(F)cc(C[N+]([O-])(Cc2cccnc2)S(=O)(=O)c2ccc(F)cc2)c1. The molecule has 0 aliphatic rings. The van der Waals surface area contributed by atoms with Gasteiger partial charge in [-0.05, 0) is 55.0 Å². The Hall–Kier alpha value is -2.68. The Balaban J connectivity index is 2.08. The molecule has 0 aliphatic carbocycles. The zero-order chi connectivity index (χ0) is 20.4. The second-order valence-corrected chi connectivity index (χ2v) is 8.64. The quantitative estimate of drug-likeness (QED) is 0.459. The van der Waals surface area contributed by atoms with E-state index in [4.69, 9.17) is 0 Å². The lowest BCUT2D eigenvalue weighted by Gasteiger charge is -2.40. The molecule has 0 spiro atoms. The fraction of sp³-hybridized carbons (Fsp3) is 0.150. The van der Waals surface area contributed by atoms with E-state index >= 15 is 0 Å². The second kappa shape index (κ2) is 7.75. The number of hydrogen-bond donors (Lipinski definition) is 0. The van der Waals surface area contributed by atoms with E-state index in [1.807, 2.05) is 0 Å². The van der Waals surface area contributed by atoms with Crippen LogP contribution in [0, 0.1) is 23.8 Å². The van der Waals surface area contributed by atoms with E-state index in [2.05, 4.69) is 4.98 Å². The molecule has 1 heterocycles. The minimum absolute atomic E-state index is 0.252. The summed E-state index contributed by atoms with van der Waals surface area (Å²) >= 11 is 0. The fourth-order valence-corrected chi connectivity index (χ4v) is 4.48. The van der Waals surface area contributed by atoms with Gasteiger partial charge in [0, 0.05) is 23.5 Å². The van der Waals surface area contributed by atoms with Crippen molar-refractivity contribution in [3.63, 3.8) is 0 Å². The van der Waals surface area contributed by atoms with Crippen LogP contribution in [0.1, 0.15) is 16.7 Å². The van der Waals surface area contributed by atoms with Crippen LogP contribution in [0.3, 0.4) is 0 Å². The van der Waals surface area contributed by atoms with Crippen molar-refractivity contribution in [1.29, 1.82) is 0 Å². The molecule has 1 unspecified atom stereocenters. The number of hydrogen-bond acceptors (Lipinski definition) is 4. The molecule has 8 heteroatoms. The monoisotopic (exact) mass is 404 g/mol. The maximum atomic E-state index is 13.8. The molecule has 146 valence electrons. The van der Waals surface area contributed by atoms with Crippen LogP contribution in [0.25, 0.3) is 0 Å². The first-order chi connectivity index (χ1) is 13.2. The van der Waals surface area contributed by atoms with Crippen molar-refractivity contribution >= 4 is 10.0 Å². The average Bonchev–Trinajstić information content (AvgIpc) is 2.61. The number of rotatable bonds is 6. The van der Waals surface area contributed by atoms with Crippen molar-refractivity contribution in [3.05, 3.63) is 101 Å². The summed E-state index contributed by atoms with van der Waals surface area (Å²) in [7, 11) is -4.47. The summed E-state index contributed by atoms with van der Waals surface area (Å²) in [5.41, 5.74) is 1.24. The Labute approximate surface area is 162 Å². The number of pyridine rings is 1. The minimum atomic E-state index is -4.47. The lowest BCUT2D eigenvalue weighted by atomic mass is 10.1. The highest BCUT2D eigenvalue weighted by atomic mass is 32.2. The molecule has 0 amide bonds. The van der Waals surface area contributed by atoms with Gasteiger partial charge in [0.1, 0.15) is 29.6 Å².